The molecule has 0 bridgehead atoms. The molecule has 0 spiro atoms. The maximum atomic E-state index is 13.4. The van der Waals surface area contributed by atoms with Crippen LogP contribution in [0.2, 0.25) is 5.02 Å². The number of fused-ring (bicyclic) bond motifs is 1. The Morgan fingerprint density at radius 1 is 1.30 bits per heavy atom. The fourth-order valence-electron chi connectivity index (χ4n) is 3.75. The van der Waals surface area contributed by atoms with Crippen molar-refractivity contribution in [1.29, 1.82) is 0 Å². The minimum Gasteiger partial charge on any atom is -0.340 e. The lowest BCUT2D eigenvalue weighted by Gasteiger charge is -2.18. The normalized spacial score (nSPS) is 13.8. The van der Waals surface area contributed by atoms with Crippen molar-refractivity contribution in [3.63, 3.8) is 0 Å². The molecule has 0 saturated carbocycles. The van der Waals surface area contributed by atoms with Crippen LogP contribution >= 0.6 is 11.6 Å². The molecule has 1 aliphatic rings. The van der Waals surface area contributed by atoms with Crippen LogP contribution in [0.15, 0.2) is 22.9 Å². The lowest BCUT2D eigenvalue weighted by molar-refractivity contribution is -0.117. The molecule has 4 rings (SSSR count). The van der Waals surface area contributed by atoms with Crippen molar-refractivity contribution in [2.45, 2.75) is 45.7 Å². The summed E-state index contributed by atoms with van der Waals surface area (Å²) in [7, 11) is 0. The van der Waals surface area contributed by atoms with E-state index in [-0.39, 0.29) is 27.9 Å². The fourth-order valence-corrected chi connectivity index (χ4v) is 4.13. The van der Waals surface area contributed by atoms with Crippen molar-refractivity contribution in [1.82, 2.24) is 25.0 Å². The number of carbonyl (C=O) groups excluding carboxylic acids is 3. The first-order valence-electron chi connectivity index (χ1n) is 10.3. The number of hydrogen-bond acceptors (Lipinski definition) is 7. The van der Waals surface area contributed by atoms with E-state index in [1.807, 2.05) is 0 Å². The van der Waals surface area contributed by atoms with Crippen LogP contribution in [0.1, 0.15) is 64.1 Å². The van der Waals surface area contributed by atoms with Crippen LogP contribution in [0, 0.1) is 12.9 Å². The number of pyridine rings is 1. The third-order valence-corrected chi connectivity index (χ3v) is 5.62. The van der Waals surface area contributed by atoms with E-state index in [1.165, 1.54) is 12.3 Å². The number of carbonyl (C=O) groups is 3. The molecule has 0 aliphatic carbocycles. The molecule has 0 radical (unpaired) electrons. The highest BCUT2D eigenvalue weighted by molar-refractivity contribution is 6.48. The Kier molecular flexibility index (Phi) is 6.23. The summed E-state index contributed by atoms with van der Waals surface area (Å²) in [4.78, 5) is 46.3. The Morgan fingerprint density at radius 3 is 2.79 bits per heavy atom. The number of Topliss-reactive ketones (excluding diaryl/α,β-unsaturated/α-hetero) is 1. The predicted molar refractivity (Wildman–Crippen MR) is 114 cm³/mol. The molecule has 2 N–H and O–H groups in total. The summed E-state index contributed by atoms with van der Waals surface area (Å²) in [5, 5.41) is 8.63. The molecule has 10 nitrogen and oxygen atoms in total. The summed E-state index contributed by atoms with van der Waals surface area (Å²) in [5.41, 5.74) is 0.762. The summed E-state index contributed by atoms with van der Waals surface area (Å²) in [6.07, 6.45) is 3.26. The number of aromatic nitrogens is 4. The summed E-state index contributed by atoms with van der Waals surface area (Å²) >= 11 is 6.50. The molecule has 1 atom stereocenters. The van der Waals surface area contributed by atoms with Gasteiger partial charge >= 0.3 is 0 Å². The Labute approximate surface area is 192 Å². The monoisotopic (exact) mass is 474 g/mol. The van der Waals surface area contributed by atoms with E-state index in [2.05, 4.69) is 25.8 Å². The highest BCUT2D eigenvalue weighted by atomic mass is 35.5. The zero-order valence-electron chi connectivity index (χ0n) is 17.8. The van der Waals surface area contributed by atoms with Gasteiger partial charge in [-0.05, 0) is 39.2 Å². The van der Waals surface area contributed by atoms with Crippen molar-refractivity contribution < 1.29 is 23.3 Å². The quantitative estimate of drug-likeness (QED) is 0.319. The van der Waals surface area contributed by atoms with Gasteiger partial charge in [0, 0.05) is 30.2 Å². The molecule has 0 unspecified atom stereocenters. The molecule has 0 aromatic carbocycles. The van der Waals surface area contributed by atoms with E-state index in [1.54, 1.807) is 18.4 Å². The van der Waals surface area contributed by atoms with Crippen LogP contribution in [-0.2, 0) is 17.8 Å². The third kappa shape index (κ3) is 4.49. The van der Waals surface area contributed by atoms with Gasteiger partial charge in [-0.25, -0.2) is 4.98 Å². The molecule has 172 valence electrons. The minimum atomic E-state index is -0.922. The Hall–Kier alpha value is -3.60. The number of nitrogens with one attached hydrogen (secondary N) is 2. The van der Waals surface area contributed by atoms with Crippen molar-refractivity contribution in [2.75, 3.05) is 5.32 Å². The lowest BCUT2D eigenvalue weighted by Crippen LogP contribution is -2.35. The van der Waals surface area contributed by atoms with Gasteiger partial charge in [0.1, 0.15) is 11.7 Å². The van der Waals surface area contributed by atoms with Crippen molar-refractivity contribution >= 4 is 34.9 Å². The zero-order valence-corrected chi connectivity index (χ0v) is 18.6. The van der Waals surface area contributed by atoms with Crippen molar-refractivity contribution in [3.8, 4) is 0 Å². The number of aryl methyl sites for hydroxylation is 1. The number of nitrogens with zero attached hydrogens (tertiary/aromatic N) is 4. The molecule has 0 saturated heterocycles. The number of amides is 2. The van der Waals surface area contributed by atoms with Crippen LogP contribution in [0.3, 0.4) is 0 Å². The number of halogens is 2. The number of hydrogen-bond donors (Lipinski definition) is 2. The van der Waals surface area contributed by atoms with Crippen LogP contribution in [-0.4, -0.2) is 37.3 Å². The standard InChI is InChI=1S/C21H20ClFN6O4/c1-10(21-26-11(2)28-33-21)25-20(32)18(30)17-16(22)15(13-5-3-4-8-29(13)17)19(31)27-12-6-7-24-14(23)9-12/h6-7,9-10H,3-5,8H2,1-2H3,(H,25,32)(H,24,27,31)/t10-/m1/s1. The topological polar surface area (TPSA) is 132 Å². The highest BCUT2D eigenvalue weighted by Crippen LogP contribution is 2.33. The maximum Gasteiger partial charge on any atom is 0.294 e. The summed E-state index contributed by atoms with van der Waals surface area (Å²) in [5.74, 6) is -2.62. The number of ketones is 1. The van der Waals surface area contributed by atoms with Crippen LogP contribution in [0.25, 0.3) is 0 Å². The second-order valence-electron chi connectivity index (χ2n) is 7.62. The van der Waals surface area contributed by atoms with Gasteiger partial charge in [-0.3, -0.25) is 14.4 Å². The van der Waals surface area contributed by atoms with Gasteiger partial charge in [0.25, 0.3) is 17.6 Å². The SMILES string of the molecule is Cc1noc([C@@H](C)NC(=O)C(=O)c2c(Cl)c(C(=O)Nc3ccnc(F)c3)c3n2CCCC3)n1. The van der Waals surface area contributed by atoms with Gasteiger partial charge in [0.05, 0.1) is 10.6 Å². The third-order valence-electron chi connectivity index (χ3n) is 5.25. The molecule has 3 aromatic rings. The van der Waals surface area contributed by atoms with Gasteiger partial charge in [0.15, 0.2) is 5.82 Å². The zero-order chi connectivity index (χ0) is 23.7. The molecule has 2 amide bonds. The highest BCUT2D eigenvalue weighted by Gasteiger charge is 2.34. The van der Waals surface area contributed by atoms with E-state index in [0.29, 0.717) is 24.5 Å². The molecule has 3 aromatic heterocycles. The van der Waals surface area contributed by atoms with Gasteiger partial charge in [-0.1, -0.05) is 16.8 Å². The first kappa shape index (κ1) is 22.6. The van der Waals surface area contributed by atoms with Gasteiger partial charge in [-0.15, -0.1) is 0 Å². The molecule has 1 aliphatic heterocycles. The lowest BCUT2D eigenvalue weighted by atomic mass is 10.1. The van der Waals surface area contributed by atoms with Crippen LogP contribution in [0.4, 0.5) is 10.1 Å². The van der Waals surface area contributed by atoms with Gasteiger partial charge < -0.3 is 19.7 Å². The molecular weight excluding hydrogens is 455 g/mol. The smallest absolute Gasteiger partial charge is 0.294 e. The van der Waals surface area contributed by atoms with E-state index in [4.69, 9.17) is 16.1 Å². The molecule has 0 fully saturated rings. The van der Waals surface area contributed by atoms with Crippen molar-refractivity contribution in [3.05, 3.63) is 58.0 Å². The van der Waals surface area contributed by atoms with Gasteiger partial charge in [-0.2, -0.15) is 9.37 Å². The molecule has 4 heterocycles. The Bertz CT molecular complexity index is 1250. The summed E-state index contributed by atoms with van der Waals surface area (Å²) in [6, 6.07) is 1.79. The fraction of sp³-hybridized carbons (Fsp3) is 0.333. The Balaban J connectivity index is 1.63. The first-order valence-corrected chi connectivity index (χ1v) is 10.6. The average molecular weight is 475 g/mol. The largest absolute Gasteiger partial charge is 0.340 e. The minimum absolute atomic E-state index is 0.0659. The maximum absolute atomic E-state index is 13.4. The predicted octanol–water partition coefficient (Wildman–Crippen LogP) is 3.02. The van der Waals surface area contributed by atoms with Crippen LogP contribution < -0.4 is 10.6 Å². The number of anilines is 1. The van der Waals surface area contributed by atoms with Crippen LogP contribution in [0.5, 0.6) is 0 Å². The molecular formula is C21H20ClFN6O4. The molecule has 33 heavy (non-hydrogen) atoms. The second-order valence-corrected chi connectivity index (χ2v) is 8.00. The summed E-state index contributed by atoms with van der Waals surface area (Å²) in [6.45, 7) is 3.66. The average Bonchev–Trinajstić information content (AvgIpc) is 3.33. The van der Waals surface area contributed by atoms with E-state index < -0.39 is 29.6 Å². The number of rotatable bonds is 6. The Morgan fingerprint density at radius 2 is 2.09 bits per heavy atom. The first-order chi connectivity index (χ1) is 15.8. The second kappa shape index (κ2) is 9.10. The van der Waals surface area contributed by atoms with Gasteiger partial charge in [0.2, 0.25) is 11.8 Å². The van der Waals surface area contributed by atoms with E-state index in [0.717, 1.165) is 18.9 Å². The van der Waals surface area contributed by atoms with Crippen molar-refractivity contribution in [2.24, 2.45) is 0 Å². The van der Waals surface area contributed by atoms with E-state index in [9.17, 15) is 18.8 Å². The molecule has 12 heteroatoms. The van der Waals surface area contributed by atoms with E-state index >= 15 is 0 Å². The summed E-state index contributed by atoms with van der Waals surface area (Å²) < 4.78 is 20.0.